The number of hydrogen-bond donors (Lipinski definition) is 1. The Morgan fingerprint density at radius 3 is 3.00 bits per heavy atom. The van der Waals surface area contributed by atoms with E-state index in [1.165, 1.54) is 18.5 Å². The Bertz CT molecular complexity index is 590. The minimum Gasteiger partial charge on any atom is -0.462 e. The van der Waals surface area contributed by atoms with Crippen LogP contribution in [0.3, 0.4) is 0 Å². The number of carbonyl (C=O) groups is 1. The van der Waals surface area contributed by atoms with Gasteiger partial charge in [0.05, 0.1) is 28.9 Å². The summed E-state index contributed by atoms with van der Waals surface area (Å²) in [5.41, 5.74) is 0.611. The average Bonchev–Trinajstić information content (AvgIpc) is 2.74. The van der Waals surface area contributed by atoms with Crippen molar-refractivity contribution in [1.29, 1.82) is 0 Å². The number of hydrogen-bond acceptors (Lipinski definition) is 5. The molecule has 1 N–H and O–H groups in total. The van der Waals surface area contributed by atoms with Gasteiger partial charge in [0.2, 0.25) is 0 Å². The molecule has 17 heavy (non-hydrogen) atoms. The summed E-state index contributed by atoms with van der Waals surface area (Å²) in [5, 5.41) is 10.9. The lowest BCUT2D eigenvalue weighted by Gasteiger charge is -2.02. The number of aromatic amines is 1. The lowest BCUT2D eigenvalue weighted by molar-refractivity contribution is -0.385. The van der Waals surface area contributed by atoms with Crippen LogP contribution in [-0.4, -0.2) is 27.5 Å². The van der Waals surface area contributed by atoms with Crippen molar-refractivity contribution < 1.29 is 14.5 Å². The van der Waals surface area contributed by atoms with Crippen molar-refractivity contribution in [2.75, 3.05) is 6.61 Å². The van der Waals surface area contributed by atoms with E-state index < -0.39 is 10.9 Å². The molecule has 2 aromatic rings. The fourth-order valence-corrected chi connectivity index (χ4v) is 1.49. The fourth-order valence-electron chi connectivity index (χ4n) is 1.49. The SMILES string of the molecule is CCOC(=O)c1cc2nc[nH]c2cc1[N+](=O)[O-]. The Morgan fingerprint density at radius 1 is 1.59 bits per heavy atom. The average molecular weight is 235 g/mol. The molecule has 0 fully saturated rings. The van der Waals surface area contributed by atoms with E-state index in [2.05, 4.69) is 9.97 Å². The molecule has 0 unspecified atom stereocenters. The van der Waals surface area contributed by atoms with Crippen LogP contribution in [0.25, 0.3) is 11.0 Å². The molecule has 1 aromatic heterocycles. The van der Waals surface area contributed by atoms with Gasteiger partial charge in [0.15, 0.2) is 0 Å². The third-order valence-corrected chi connectivity index (χ3v) is 2.23. The van der Waals surface area contributed by atoms with Crippen molar-refractivity contribution in [3.63, 3.8) is 0 Å². The predicted octanol–water partition coefficient (Wildman–Crippen LogP) is 1.65. The smallest absolute Gasteiger partial charge is 0.345 e. The van der Waals surface area contributed by atoms with Crippen molar-refractivity contribution in [2.24, 2.45) is 0 Å². The second-order valence-corrected chi connectivity index (χ2v) is 3.27. The highest BCUT2D eigenvalue weighted by molar-refractivity contribution is 5.98. The predicted molar refractivity (Wildman–Crippen MR) is 58.7 cm³/mol. The lowest BCUT2D eigenvalue weighted by atomic mass is 10.1. The Balaban J connectivity index is 2.61. The number of ether oxygens (including phenoxy) is 1. The first kappa shape index (κ1) is 11.1. The van der Waals surface area contributed by atoms with Crippen LogP contribution >= 0.6 is 0 Å². The van der Waals surface area contributed by atoms with E-state index in [1.54, 1.807) is 6.92 Å². The van der Waals surface area contributed by atoms with Crippen LogP contribution < -0.4 is 0 Å². The summed E-state index contributed by atoms with van der Waals surface area (Å²) in [4.78, 5) is 28.5. The first-order valence-electron chi connectivity index (χ1n) is 4.92. The molecule has 1 aromatic carbocycles. The Kier molecular flexibility index (Phi) is 2.73. The molecule has 0 amide bonds. The van der Waals surface area contributed by atoms with Crippen LogP contribution in [0.1, 0.15) is 17.3 Å². The number of benzene rings is 1. The highest BCUT2D eigenvalue weighted by atomic mass is 16.6. The van der Waals surface area contributed by atoms with Crippen LogP contribution in [0, 0.1) is 10.1 Å². The summed E-state index contributed by atoms with van der Waals surface area (Å²) >= 11 is 0. The molecule has 0 aliphatic carbocycles. The number of nitro benzene ring substituents is 1. The number of fused-ring (bicyclic) bond motifs is 1. The minimum absolute atomic E-state index is 0.0866. The van der Waals surface area contributed by atoms with Gasteiger partial charge in [-0.1, -0.05) is 0 Å². The summed E-state index contributed by atoms with van der Waals surface area (Å²) in [5.74, 6) is -0.718. The maximum Gasteiger partial charge on any atom is 0.345 e. The Hall–Kier alpha value is -2.44. The Labute approximate surface area is 95.6 Å². The lowest BCUT2D eigenvalue weighted by Crippen LogP contribution is -2.08. The van der Waals surface area contributed by atoms with Gasteiger partial charge in [0.25, 0.3) is 5.69 Å². The highest BCUT2D eigenvalue weighted by Gasteiger charge is 2.22. The highest BCUT2D eigenvalue weighted by Crippen LogP contribution is 2.24. The number of rotatable bonds is 3. The molecule has 2 rings (SSSR count). The van der Waals surface area contributed by atoms with E-state index in [4.69, 9.17) is 4.74 Å². The monoisotopic (exact) mass is 235 g/mol. The van der Waals surface area contributed by atoms with Crippen LogP contribution in [-0.2, 0) is 4.74 Å². The molecule has 0 radical (unpaired) electrons. The summed E-state index contributed by atoms with van der Waals surface area (Å²) in [6.45, 7) is 1.80. The van der Waals surface area contributed by atoms with Gasteiger partial charge < -0.3 is 9.72 Å². The molecule has 0 saturated carbocycles. The maximum atomic E-state index is 11.6. The van der Waals surface area contributed by atoms with Crippen LogP contribution in [0.2, 0.25) is 0 Å². The third kappa shape index (κ3) is 1.94. The number of nitrogens with one attached hydrogen (secondary N) is 1. The van der Waals surface area contributed by atoms with E-state index in [1.807, 2.05) is 0 Å². The Morgan fingerprint density at radius 2 is 2.35 bits per heavy atom. The number of esters is 1. The van der Waals surface area contributed by atoms with Crippen LogP contribution in [0.4, 0.5) is 5.69 Å². The molecule has 0 bridgehead atoms. The van der Waals surface area contributed by atoms with E-state index in [-0.39, 0.29) is 17.9 Å². The second kappa shape index (κ2) is 4.20. The van der Waals surface area contributed by atoms with Gasteiger partial charge in [-0.2, -0.15) is 0 Å². The van der Waals surface area contributed by atoms with Crippen molar-refractivity contribution in [3.8, 4) is 0 Å². The zero-order valence-corrected chi connectivity index (χ0v) is 8.97. The van der Waals surface area contributed by atoms with Crippen molar-refractivity contribution >= 4 is 22.7 Å². The van der Waals surface area contributed by atoms with Gasteiger partial charge in [0, 0.05) is 6.07 Å². The fraction of sp³-hybridized carbons (Fsp3) is 0.200. The summed E-state index contributed by atoms with van der Waals surface area (Å²) < 4.78 is 4.76. The van der Waals surface area contributed by atoms with Gasteiger partial charge in [-0.05, 0) is 13.0 Å². The second-order valence-electron chi connectivity index (χ2n) is 3.27. The molecule has 1 heterocycles. The maximum absolute atomic E-state index is 11.6. The van der Waals surface area contributed by atoms with Gasteiger partial charge in [-0.15, -0.1) is 0 Å². The van der Waals surface area contributed by atoms with Gasteiger partial charge in [-0.25, -0.2) is 9.78 Å². The quantitative estimate of drug-likeness (QED) is 0.495. The molecule has 0 aliphatic heterocycles. The summed E-state index contributed by atoms with van der Waals surface area (Å²) in [6, 6.07) is 2.62. The minimum atomic E-state index is -0.718. The number of carbonyl (C=O) groups excluding carboxylic acids is 1. The first-order valence-corrected chi connectivity index (χ1v) is 4.92. The van der Waals surface area contributed by atoms with E-state index in [9.17, 15) is 14.9 Å². The molecule has 7 heteroatoms. The van der Waals surface area contributed by atoms with Crippen molar-refractivity contribution in [1.82, 2.24) is 9.97 Å². The number of H-pyrrole nitrogens is 1. The normalized spacial score (nSPS) is 10.4. The summed E-state index contributed by atoms with van der Waals surface area (Å²) in [7, 11) is 0. The third-order valence-electron chi connectivity index (χ3n) is 2.23. The molecule has 7 nitrogen and oxygen atoms in total. The van der Waals surface area contributed by atoms with Crippen LogP contribution in [0.5, 0.6) is 0 Å². The molecular weight excluding hydrogens is 226 g/mol. The topological polar surface area (TPSA) is 98.1 Å². The van der Waals surface area contributed by atoms with Gasteiger partial charge in [-0.3, -0.25) is 10.1 Å². The largest absolute Gasteiger partial charge is 0.462 e. The molecule has 0 aliphatic rings. The molecule has 0 saturated heterocycles. The molecule has 0 spiro atoms. The van der Waals surface area contributed by atoms with E-state index in [0.717, 1.165) is 0 Å². The molecule has 88 valence electrons. The standard InChI is InChI=1S/C10H9N3O4/c1-2-17-10(14)6-3-7-8(12-5-11-7)4-9(6)13(15)16/h3-5H,2H2,1H3,(H,11,12). The number of nitro groups is 1. The van der Waals surface area contributed by atoms with Crippen LogP contribution in [0.15, 0.2) is 18.5 Å². The van der Waals surface area contributed by atoms with Crippen molar-refractivity contribution in [2.45, 2.75) is 6.92 Å². The van der Waals surface area contributed by atoms with Crippen molar-refractivity contribution in [3.05, 3.63) is 34.1 Å². The summed E-state index contributed by atoms with van der Waals surface area (Å²) in [6.07, 6.45) is 1.41. The zero-order chi connectivity index (χ0) is 12.4. The number of imidazole rings is 1. The van der Waals surface area contributed by atoms with E-state index >= 15 is 0 Å². The number of nitrogens with zero attached hydrogens (tertiary/aromatic N) is 2. The zero-order valence-electron chi connectivity index (χ0n) is 8.97. The number of aromatic nitrogens is 2. The molecular formula is C10H9N3O4. The first-order chi connectivity index (χ1) is 8.13. The molecule has 0 atom stereocenters. The van der Waals surface area contributed by atoms with Gasteiger partial charge in [0.1, 0.15) is 5.56 Å². The van der Waals surface area contributed by atoms with E-state index in [0.29, 0.717) is 11.0 Å². The van der Waals surface area contributed by atoms with Gasteiger partial charge >= 0.3 is 5.97 Å².